The van der Waals surface area contributed by atoms with Crippen molar-refractivity contribution in [3.63, 3.8) is 0 Å². The smallest absolute Gasteiger partial charge is 0.305 e. The van der Waals surface area contributed by atoms with Gasteiger partial charge in [-0.3, -0.25) is 4.79 Å². The number of nitrogens with zero attached hydrogens (tertiary/aromatic N) is 2. The highest BCUT2D eigenvalue weighted by atomic mass is 32.1. The van der Waals surface area contributed by atoms with E-state index in [0.717, 1.165) is 49.5 Å². The standard InChI is InChI=1S/C51H68N2O2S/c1-4-7-38-53(39-8-5-2)50-36-28-46(29-37-50)21-19-44-24-32-48(33-25-44)47-30-22-43(23-31-47)18-20-45-26-34-49(35-27-45)52(6-3)40-41-55-51(54)17-15-13-11-9-10-12-14-16-42-56/h18-37,56H,4-17,38-42H2,1-3H3/b20-18+,21-19+. The second-order valence-electron chi connectivity index (χ2n) is 14.9. The van der Waals surface area contributed by atoms with E-state index in [1.807, 2.05) is 0 Å². The third-order valence-corrected chi connectivity index (χ3v) is 10.8. The van der Waals surface area contributed by atoms with Crippen LogP contribution in [0.4, 0.5) is 11.4 Å². The van der Waals surface area contributed by atoms with E-state index < -0.39 is 0 Å². The molecule has 56 heavy (non-hydrogen) atoms. The maximum atomic E-state index is 12.3. The van der Waals surface area contributed by atoms with Gasteiger partial charge in [-0.25, -0.2) is 0 Å². The Bertz CT molecular complexity index is 1690. The predicted molar refractivity (Wildman–Crippen MR) is 249 cm³/mol. The van der Waals surface area contributed by atoms with E-state index in [0.29, 0.717) is 19.6 Å². The number of anilines is 2. The van der Waals surface area contributed by atoms with E-state index in [1.54, 1.807) is 0 Å². The zero-order valence-electron chi connectivity index (χ0n) is 34.6. The molecule has 0 spiro atoms. The molecule has 0 atom stereocenters. The summed E-state index contributed by atoms with van der Waals surface area (Å²) >= 11 is 4.27. The Hall–Kier alpha value is -4.22. The minimum absolute atomic E-state index is 0.0752. The van der Waals surface area contributed by atoms with Crippen LogP contribution in [-0.2, 0) is 9.53 Å². The number of rotatable bonds is 27. The molecule has 0 saturated heterocycles. The van der Waals surface area contributed by atoms with Gasteiger partial charge in [-0.2, -0.15) is 12.6 Å². The maximum Gasteiger partial charge on any atom is 0.305 e. The van der Waals surface area contributed by atoms with E-state index in [9.17, 15) is 4.79 Å². The Morgan fingerprint density at radius 1 is 0.500 bits per heavy atom. The molecule has 0 fully saturated rings. The summed E-state index contributed by atoms with van der Waals surface area (Å²) in [6.45, 7) is 10.9. The number of thiol groups is 1. The van der Waals surface area contributed by atoms with Crippen molar-refractivity contribution < 1.29 is 9.53 Å². The lowest BCUT2D eigenvalue weighted by atomic mass is 10.0. The Morgan fingerprint density at radius 3 is 1.30 bits per heavy atom. The normalized spacial score (nSPS) is 11.4. The number of hydrogen-bond donors (Lipinski definition) is 1. The molecule has 300 valence electrons. The molecule has 5 heteroatoms. The summed E-state index contributed by atoms with van der Waals surface area (Å²) < 4.78 is 5.57. The number of carbonyl (C=O) groups is 1. The maximum absolute atomic E-state index is 12.3. The van der Waals surface area contributed by atoms with Crippen molar-refractivity contribution in [3.8, 4) is 11.1 Å². The fourth-order valence-electron chi connectivity index (χ4n) is 6.87. The topological polar surface area (TPSA) is 32.8 Å². The fourth-order valence-corrected chi connectivity index (χ4v) is 7.10. The molecular weight excluding hydrogens is 705 g/mol. The Labute approximate surface area is 345 Å². The van der Waals surface area contributed by atoms with E-state index in [4.69, 9.17) is 4.74 Å². The van der Waals surface area contributed by atoms with Gasteiger partial charge in [0, 0.05) is 37.4 Å². The van der Waals surface area contributed by atoms with Gasteiger partial charge in [-0.05, 0) is 96.0 Å². The molecule has 0 N–H and O–H groups in total. The SMILES string of the molecule is CCCCN(CCCC)c1ccc(/C=C/c2ccc(-c3ccc(/C=C/c4ccc(N(CC)CCOC(=O)CCCCCCCCCCS)cc4)cc3)cc2)cc1. The van der Waals surface area contributed by atoms with Crippen LogP contribution in [0.25, 0.3) is 35.4 Å². The molecule has 0 aliphatic rings. The molecule has 0 bridgehead atoms. The van der Waals surface area contributed by atoms with Crippen molar-refractivity contribution in [2.75, 3.05) is 48.3 Å². The first-order valence-electron chi connectivity index (χ1n) is 21.6. The van der Waals surface area contributed by atoms with Crippen LogP contribution in [-0.4, -0.2) is 44.5 Å². The van der Waals surface area contributed by atoms with Gasteiger partial charge in [0.15, 0.2) is 0 Å². The van der Waals surface area contributed by atoms with Crippen molar-refractivity contribution in [2.45, 2.75) is 104 Å². The number of hydrogen-bond acceptors (Lipinski definition) is 5. The average Bonchev–Trinajstić information content (AvgIpc) is 3.24. The van der Waals surface area contributed by atoms with Gasteiger partial charge in [-0.1, -0.05) is 162 Å². The average molecular weight is 773 g/mol. The van der Waals surface area contributed by atoms with Gasteiger partial charge in [0.05, 0.1) is 6.54 Å². The van der Waals surface area contributed by atoms with E-state index in [2.05, 4.69) is 165 Å². The van der Waals surface area contributed by atoms with Crippen LogP contribution in [0.15, 0.2) is 97.1 Å². The van der Waals surface area contributed by atoms with Crippen LogP contribution >= 0.6 is 12.6 Å². The highest BCUT2D eigenvalue weighted by molar-refractivity contribution is 7.80. The summed E-state index contributed by atoms with van der Waals surface area (Å²) in [7, 11) is 0. The number of carbonyl (C=O) groups excluding carboxylic acids is 1. The molecule has 0 aromatic heterocycles. The van der Waals surface area contributed by atoms with Crippen molar-refractivity contribution >= 4 is 54.3 Å². The molecule has 0 amide bonds. The summed E-state index contributed by atoms with van der Waals surface area (Å²) in [5, 5.41) is 0. The zero-order valence-corrected chi connectivity index (χ0v) is 35.5. The lowest BCUT2D eigenvalue weighted by Crippen LogP contribution is -2.27. The molecule has 4 nitrogen and oxygen atoms in total. The number of unbranched alkanes of at least 4 members (excludes halogenated alkanes) is 9. The van der Waals surface area contributed by atoms with Crippen LogP contribution < -0.4 is 9.80 Å². The highest BCUT2D eigenvalue weighted by Crippen LogP contribution is 2.24. The third-order valence-electron chi connectivity index (χ3n) is 10.5. The van der Waals surface area contributed by atoms with E-state index in [-0.39, 0.29) is 5.97 Å². The zero-order chi connectivity index (χ0) is 39.6. The molecule has 0 unspecified atom stereocenters. The van der Waals surface area contributed by atoms with Crippen LogP contribution in [0, 0.1) is 0 Å². The van der Waals surface area contributed by atoms with Crippen molar-refractivity contribution in [1.82, 2.24) is 0 Å². The van der Waals surface area contributed by atoms with Gasteiger partial charge >= 0.3 is 5.97 Å². The largest absolute Gasteiger partial charge is 0.464 e. The van der Waals surface area contributed by atoms with Crippen molar-refractivity contribution in [1.29, 1.82) is 0 Å². The van der Waals surface area contributed by atoms with E-state index >= 15 is 0 Å². The van der Waals surface area contributed by atoms with Crippen molar-refractivity contribution in [2.24, 2.45) is 0 Å². The predicted octanol–water partition coefficient (Wildman–Crippen LogP) is 13.9. The molecular formula is C51H68N2O2S. The molecule has 0 radical (unpaired) electrons. The second-order valence-corrected chi connectivity index (χ2v) is 15.3. The third kappa shape index (κ3) is 16.5. The van der Waals surface area contributed by atoms with Crippen LogP contribution in [0.3, 0.4) is 0 Å². The summed E-state index contributed by atoms with van der Waals surface area (Å²) in [4.78, 5) is 17.0. The summed E-state index contributed by atoms with van der Waals surface area (Å²) in [6, 6.07) is 35.1. The summed E-state index contributed by atoms with van der Waals surface area (Å²) in [6.07, 6.45) is 23.8. The monoisotopic (exact) mass is 773 g/mol. The van der Waals surface area contributed by atoms with Gasteiger partial charge in [0.2, 0.25) is 0 Å². The van der Waals surface area contributed by atoms with Gasteiger partial charge in [0.25, 0.3) is 0 Å². The quantitative estimate of drug-likeness (QED) is 0.0283. The molecule has 4 aromatic rings. The van der Waals surface area contributed by atoms with E-state index in [1.165, 1.54) is 97.7 Å². The molecule has 0 heterocycles. The number of esters is 1. The van der Waals surface area contributed by atoms with Gasteiger partial charge in [0.1, 0.15) is 6.61 Å². The first-order chi connectivity index (χ1) is 27.5. The number of ether oxygens (including phenoxy) is 1. The summed E-state index contributed by atoms with van der Waals surface area (Å²) in [5.74, 6) is 0.915. The molecule has 4 aromatic carbocycles. The lowest BCUT2D eigenvalue weighted by molar-refractivity contribution is -0.143. The Morgan fingerprint density at radius 2 is 0.893 bits per heavy atom. The van der Waals surface area contributed by atoms with Gasteiger partial charge in [-0.15, -0.1) is 0 Å². The van der Waals surface area contributed by atoms with Crippen molar-refractivity contribution in [3.05, 3.63) is 119 Å². The minimum Gasteiger partial charge on any atom is -0.464 e. The number of likely N-dealkylation sites (N-methyl/N-ethyl adjacent to an activating group) is 1. The first-order valence-corrected chi connectivity index (χ1v) is 22.2. The van der Waals surface area contributed by atoms with Crippen LogP contribution in [0.1, 0.15) is 126 Å². The van der Waals surface area contributed by atoms with Crippen LogP contribution in [0.2, 0.25) is 0 Å². The molecule has 0 aliphatic carbocycles. The molecule has 4 rings (SSSR count). The summed E-state index contributed by atoms with van der Waals surface area (Å²) in [5.41, 5.74) is 9.62. The first kappa shape index (κ1) is 44.5. The minimum atomic E-state index is -0.0752. The van der Waals surface area contributed by atoms with Crippen LogP contribution in [0.5, 0.6) is 0 Å². The Balaban J connectivity index is 1.19. The number of benzene rings is 4. The molecule has 0 saturated carbocycles. The molecule has 0 aliphatic heterocycles. The van der Waals surface area contributed by atoms with Gasteiger partial charge < -0.3 is 14.5 Å². The Kier molecular flexibility index (Phi) is 21.1. The second kappa shape index (κ2) is 26.6. The lowest BCUT2D eigenvalue weighted by Gasteiger charge is -2.24. The fraction of sp³-hybridized carbons (Fsp3) is 0.431. The highest BCUT2D eigenvalue weighted by Gasteiger charge is 2.08.